The number of allylic oxidation sites excluding steroid dienone is 4. The van der Waals surface area contributed by atoms with Crippen molar-refractivity contribution < 1.29 is 28.6 Å². The van der Waals surface area contributed by atoms with Gasteiger partial charge in [0.05, 0.1) is 12.5 Å². The van der Waals surface area contributed by atoms with Crippen molar-refractivity contribution in [1.82, 2.24) is 0 Å². The summed E-state index contributed by atoms with van der Waals surface area (Å²) in [6.45, 7) is 4.02. The molecule has 7 heteroatoms. The molecule has 2 N–H and O–H groups in total. The van der Waals surface area contributed by atoms with Gasteiger partial charge in [-0.3, -0.25) is 9.59 Å². The number of hydrogen-bond donors (Lipinski definition) is 2. The van der Waals surface area contributed by atoms with E-state index in [9.17, 15) is 19.8 Å². The Hall–Kier alpha value is -1.11. The van der Waals surface area contributed by atoms with Crippen molar-refractivity contribution in [2.24, 2.45) is 29.1 Å². The van der Waals surface area contributed by atoms with Gasteiger partial charge >= 0.3 is 0 Å². The van der Waals surface area contributed by atoms with Gasteiger partial charge in [-0.2, -0.15) is 0 Å². The summed E-state index contributed by atoms with van der Waals surface area (Å²) in [5.41, 5.74) is -5.37. The molecule has 0 aromatic rings. The molecule has 0 aromatic carbocycles. The van der Waals surface area contributed by atoms with E-state index in [-0.39, 0.29) is 17.9 Å². The lowest BCUT2D eigenvalue weighted by Crippen LogP contribution is -2.60. The molecule has 2 fully saturated rings. The smallest absolute Gasteiger partial charge is 0.179 e. The van der Waals surface area contributed by atoms with E-state index in [4.69, 9.17) is 11.6 Å². The van der Waals surface area contributed by atoms with Crippen molar-refractivity contribution >= 4 is 23.2 Å². The number of ketones is 2. The van der Waals surface area contributed by atoms with Crippen molar-refractivity contribution in [3.63, 3.8) is 0 Å². The summed E-state index contributed by atoms with van der Waals surface area (Å²) in [4.78, 5) is 24.1. The van der Waals surface area contributed by atoms with Gasteiger partial charge in [0.2, 0.25) is 0 Å². The molecule has 0 bridgehead atoms. The zero-order valence-electron chi connectivity index (χ0n) is 16.3. The van der Waals surface area contributed by atoms with Gasteiger partial charge in [-0.1, -0.05) is 19.9 Å². The van der Waals surface area contributed by atoms with Crippen molar-refractivity contribution in [1.29, 1.82) is 0 Å². The first-order valence-corrected chi connectivity index (χ1v) is 10.2. The lowest BCUT2D eigenvalue weighted by Gasteiger charge is -2.54. The fourth-order valence-corrected chi connectivity index (χ4v) is 6.14. The van der Waals surface area contributed by atoms with E-state index < -0.39 is 64.7 Å². The van der Waals surface area contributed by atoms with E-state index in [1.54, 1.807) is 13.8 Å². The standard InChI is InChI=1S/C21H27ClF2O4/c1-11-6-14(12(2)21(11,28)18(27)9-22)15-8-17(23)16-7-13(26)4-5-19(16,3)20(15,24)10-25/h4-5,7,11-12,14-15,17,25,28H,6,8-10H2,1-3H3/t11-,12+,14+,15-,17-,19-,20+,21+/m0/s1. The molecule has 0 amide bonds. The maximum atomic E-state index is 16.5. The molecule has 0 aliphatic heterocycles. The van der Waals surface area contributed by atoms with Gasteiger partial charge in [-0.15, -0.1) is 11.6 Å². The average molecular weight is 417 g/mol. The second-order valence-electron chi connectivity index (χ2n) is 8.84. The first-order valence-electron chi connectivity index (χ1n) is 9.68. The molecule has 4 nitrogen and oxygen atoms in total. The number of alkyl halides is 3. The summed E-state index contributed by atoms with van der Waals surface area (Å²) in [6, 6.07) is 0. The Morgan fingerprint density at radius 2 is 2.00 bits per heavy atom. The normalized spacial score (nSPS) is 48.4. The van der Waals surface area contributed by atoms with E-state index in [0.717, 1.165) is 6.08 Å². The van der Waals surface area contributed by atoms with Crippen LogP contribution >= 0.6 is 11.6 Å². The highest BCUT2D eigenvalue weighted by Crippen LogP contribution is 2.61. The zero-order valence-corrected chi connectivity index (χ0v) is 17.0. The number of aliphatic hydroxyl groups is 2. The van der Waals surface area contributed by atoms with Crippen LogP contribution in [-0.4, -0.2) is 51.7 Å². The van der Waals surface area contributed by atoms with Crippen LogP contribution in [0.4, 0.5) is 8.78 Å². The van der Waals surface area contributed by atoms with Crippen LogP contribution in [-0.2, 0) is 9.59 Å². The monoisotopic (exact) mass is 416 g/mol. The second-order valence-corrected chi connectivity index (χ2v) is 9.11. The highest BCUT2D eigenvalue weighted by atomic mass is 35.5. The zero-order chi connectivity index (χ0) is 21.1. The molecule has 3 rings (SSSR count). The van der Waals surface area contributed by atoms with Crippen LogP contribution in [0.25, 0.3) is 0 Å². The number of Topliss-reactive ketones (excluding diaryl/α,β-unsaturated/α-hetero) is 1. The van der Waals surface area contributed by atoms with Crippen molar-refractivity contribution in [3.8, 4) is 0 Å². The Kier molecular flexibility index (Phi) is 5.39. The number of fused-ring (bicyclic) bond motifs is 1. The van der Waals surface area contributed by atoms with Gasteiger partial charge in [-0.25, -0.2) is 8.78 Å². The fraction of sp³-hybridized carbons (Fsp3) is 0.714. The average Bonchev–Trinajstić information content (AvgIpc) is 2.90. The van der Waals surface area contributed by atoms with Crippen molar-refractivity contribution in [2.45, 2.75) is 51.1 Å². The minimum absolute atomic E-state index is 0.0404. The van der Waals surface area contributed by atoms with E-state index in [1.807, 2.05) is 0 Å². The molecule has 2 saturated carbocycles. The molecule has 0 heterocycles. The summed E-state index contributed by atoms with van der Waals surface area (Å²) in [5.74, 6) is -3.84. The molecule has 8 atom stereocenters. The molecular formula is C21H27ClF2O4. The first-order chi connectivity index (χ1) is 13.0. The molecule has 3 aliphatic carbocycles. The number of halogens is 3. The van der Waals surface area contributed by atoms with Crippen LogP contribution in [0.2, 0.25) is 0 Å². The lowest BCUT2D eigenvalue weighted by atomic mass is 9.53. The summed E-state index contributed by atoms with van der Waals surface area (Å²) in [5, 5.41) is 21.1. The third-order valence-corrected chi connectivity index (χ3v) is 8.00. The van der Waals surface area contributed by atoms with Crippen LogP contribution in [0, 0.1) is 29.1 Å². The summed E-state index contributed by atoms with van der Waals surface area (Å²) in [7, 11) is 0. The molecule has 0 saturated heterocycles. The minimum Gasteiger partial charge on any atom is -0.393 e. The minimum atomic E-state index is -2.23. The van der Waals surface area contributed by atoms with Crippen LogP contribution in [0.15, 0.2) is 23.8 Å². The quantitative estimate of drug-likeness (QED) is 0.691. The van der Waals surface area contributed by atoms with E-state index >= 15 is 8.78 Å². The topological polar surface area (TPSA) is 74.6 Å². The summed E-state index contributed by atoms with van der Waals surface area (Å²) < 4.78 is 31.6. The van der Waals surface area contributed by atoms with Gasteiger partial charge in [0.1, 0.15) is 17.4 Å². The van der Waals surface area contributed by atoms with Crippen LogP contribution in [0.3, 0.4) is 0 Å². The maximum Gasteiger partial charge on any atom is 0.179 e. The molecular weight excluding hydrogens is 390 g/mol. The first kappa shape index (κ1) is 21.6. The fourth-order valence-electron chi connectivity index (χ4n) is 5.92. The number of rotatable bonds is 4. The Bertz CT molecular complexity index is 753. The molecule has 0 spiro atoms. The van der Waals surface area contributed by atoms with Crippen LogP contribution < -0.4 is 0 Å². The summed E-state index contributed by atoms with van der Waals surface area (Å²) in [6.07, 6.45) is 2.24. The van der Waals surface area contributed by atoms with Crippen molar-refractivity contribution in [2.75, 3.05) is 12.5 Å². The van der Waals surface area contributed by atoms with E-state index in [1.165, 1.54) is 19.1 Å². The van der Waals surface area contributed by atoms with E-state index in [0.29, 0.717) is 6.42 Å². The van der Waals surface area contributed by atoms with Gasteiger partial charge in [0.15, 0.2) is 11.6 Å². The predicted molar refractivity (Wildman–Crippen MR) is 101 cm³/mol. The number of aliphatic hydroxyl groups excluding tert-OH is 1. The SMILES string of the molecule is C[C@@H]1[C@H]([C@@H]2C[C@H](F)C3=CC(=O)C=C[C@]3(C)[C@@]2(F)CO)C[C@H](C)[C@]1(O)C(=O)CCl. The van der Waals surface area contributed by atoms with Gasteiger partial charge in [-0.05, 0) is 55.2 Å². The molecule has 3 aliphatic rings. The molecule has 0 unspecified atom stereocenters. The molecule has 156 valence electrons. The highest BCUT2D eigenvalue weighted by molar-refractivity contribution is 6.28. The largest absolute Gasteiger partial charge is 0.393 e. The molecule has 0 radical (unpaired) electrons. The summed E-state index contributed by atoms with van der Waals surface area (Å²) >= 11 is 5.69. The van der Waals surface area contributed by atoms with E-state index in [2.05, 4.69) is 0 Å². The Balaban J connectivity index is 2.06. The van der Waals surface area contributed by atoms with Gasteiger partial charge in [0, 0.05) is 11.3 Å². The molecule has 28 heavy (non-hydrogen) atoms. The van der Waals surface area contributed by atoms with Gasteiger partial charge in [0.25, 0.3) is 0 Å². The Morgan fingerprint density at radius 1 is 1.36 bits per heavy atom. The predicted octanol–water partition coefficient (Wildman–Crippen LogP) is 2.95. The maximum absolute atomic E-state index is 16.5. The third-order valence-electron chi connectivity index (χ3n) is 7.76. The Labute approximate surface area is 168 Å². The third kappa shape index (κ3) is 2.67. The van der Waals surface area contributed by atoms with Crippen LogP contribution in [0.5, 0.6) is 0 Å². The number of hydrogen-bond acceptors (Lipinski definition) is 4. The van der Waals surface area contributed by atoms with Gasteiger partial charge < -0.3 is 10.2 Å². The number of carbonyl (C=O) groups excluding carboxylic acids is 2. The van der Waals surface area contributed by atoms with Crippen LogP contribution in [0.1, 0.15) is 33.6 Å². The van der Waals surface area contributed by atoms with Crippen molar-refractivity contribution in [3.05, 3.63) is 23.8 Å². The lowest BCUT2D eigenvalue weighted by molar-refractivity contribution is -0.146. The second kappa shape index (κ2) is 6.99. The number of carbonyl (C=O) groups is 2. The Morgan fingerprint density at radius 3 is 2.57 bits per heavy atom. The highest BCUT2D eigenvalue weighted by Gasteiger charge is 2.66. The molecule has 0 aromatic heterocycles.